The molecule has 0 heterocycles. The molecule has 0 saturated heterocycles. The van der Waals surface area contributed by atoms with Gasteiger partial charge in [0.2, 0.25) is 0 Å². The molecule has 94 valence electrons. The Morgan fingerprint density at radius 1 is 1.24 bits per heavy atom. The highest BCUT2D eigenvalue weighted by molar-refractivity contribution is 5.46. The molecular formula is C15H24N2. The first kappa shape index (κ1) is 13.8. The number of rotatable bonds is 5. The van der Waals surface area contributed by atoms with E-state index in [0.29, 0.717) is 6.04 Å². The minimum Gasteiger partial charge on any atom is -0.378 e. The molecule has 1 rings (SSSR count). The number of hydrogen-bond acceptors (Lipinski definition) is 2. The Bertz CT molecular complexity index is 359. The molecule has 0 spiro atoms. The highest BCUT2D eigenvalue weighted by Crippen LogP contribution is 2.17. The predicted octanol–water partition coefficient (Wildman–Crippen LogP) is 3.37. The van der Waals surface area contributed by atoms with Crippen molar-refractivity contribution in [2.45, 2.75) is 26.8 Å². The number of benzene rings is 1. The van der Waals surface area contributed by atoms with Gasteiger partial charge in [-0.05, 0) is 38.5 Å². The zero-order valence-corrected chi connectivity index (χ0v) is 11.6. The van der Waals surface area contributed by atoms with E-state index >= 15 is 0 Å². The van der Waals surface area contributed by atoms with Gasteiger partial charge in [-0.25, -0.2) is 0 Å². The fraction of sp³-hybridized carbons (Fsp3) is 0.467. The molecule has 0 amide bonds. The summed E-state index contributed by atoms with van der Waals surface area (Å²) in [5.41, 5.74) is 3.93. The first-order valence-electron chi connectivity index (χ1n) is 6.14. The van der Waals surface area contributed by atoms with Crippen molar-refractivity contribution in [3.05, 3.63) is 41.5 Å². The summed E-state index contributed by atoms with van der Waals surface area (Å²) in [4.78, 5) is 2.12. The van der Waals surface area contributed by atoms with Gasteiger partial charge in [0.05, 0.1) is 0 Å². The number of hydrogen-bond donors (Lipinski definition) is 1. The van der Waals surface area contributed by atoms with Gasteiger partial charge >= 0.3 is 0 Å². The molecule has 0 radical (unpaired) electrons. The quantitative estimate of drug-likeness (QED) is 0.783. The van der Waals surface area contributed by atoms with Gasteiger partial charge in [-0.3, -0.25) is 0 Å². The second kappa shape index (κ2) is 6.45. The van der Waals surface area contributed by atoms with E-state index in [1.165, 1.54) is 16.8 Å². The van der Waals surface area contributed by atoms with Crippen LogP contribution in [0.1, 0.15) is 32.4 Å². The van der Waals surface area contributed by atoms with Gasteiger partial charge in [-0.2, -0.15) is 0 Å². The van der Waals surface area contributed by atoms with Crippen molar-refractivity contribution >= 4 is 5.69 Å². The third kappa shape index (κ3) is 4.61. The molecule has 0 aromatic heterocycles. The molecule has 2 heteroatoms. The Hall–Kier alpha value is -1.28. The van der Waals surface area contributed by atoms with Crippen LogP contribution < -0.4 is 10.2 Å². The average Bonchev–Trinajstić information content (AvgIpc) is 2.28. The molecule has 1 aromatic carbocycles. The summed E-state index contributed by atoms with van der Waals surface area (Å²) in [6.45, 7) is 7.37. The third-order valence-electron chi connectivity index (χ3n) is 2.84. The van der Waals surface area contributed by atoms with Crippen molar-refractivity contribution in [3.8, 4) is 0 Å². The van der Waals surface area contributed by atoms with Crippen LogP contribution in [-0.4, -0.2) is 20.6 Å². The fourth-order valence-corrected chi connectivity index (χ4v) is 1.62. The minimum atomic E-state index is 0.391. The summed E-state index contributed by atoms with van der Waals surface area (Å²) in [5, 5.41) is 3.49. The first-order valence-corrected chi connectivity index (χ1v) is 6.14. The molecule has 17 heavy (non-hydrogen) atoms. The van der Waals surface area contributed by atoms with E-state index in [4.69, 9.17) is 0 Å². The van der Waals surface area contributed by atoms with E-state index in [9.17, 15) is 0 Å². The highest BCUT2D eigenvalue weighted by Gasteiger charge is 2.03. The molecule has 0 fully saturated rings. The Kier molecular flexibility index (Phi) is 5.23. The zero-order chi connectivity index (χ0) is 12.8. The molecule has 0 aliphatic rings. The number of nitrogens with zero attached hydrogens (tertiary/aromatic N) is 1. The Morgan fingerprint density at radius 3 is 2.29 bits per heavy atom. The van der Waals surface area contributed by atoms with Gasteiger partial charge in [-0.15, -0.1) is 0 Å². The van der Waals surface area contributed by atoms with Gasteiger partial charge in [0.15, 0.2) is 0 Å². The van der Waals surface area contributed by atoms with Crippen molar-refractivity contribution in [1.29, 1.82) is 0 Å². The number of allylic oxidation sites excluding steroid dienone is 1. The van der Waals surface area contributed by atoms with Crippen molar-refractivity contribution in [2.24, 2.45) is 0 Å². The van der Waals surface area contributed by atoms with E-state index in [2.05, 4.69) is 75.4 Å². The number of nitrogens with one attached hydrogen (secondary N) is 1. The Balaban J connectivity index is 2.57. The zero-order valence-electron chi connectivity index (χ0n) is 11.6. The Morgan fingerprint density at radius 2 is 1.82 bits per heavy atom. The molecule has 0 aliphatic carbocycles. The van der Waals surface area contributed by atoms with Crippen LogP contribution in [0.4, 0.5) is 5.69 Å². The second-order valence-electron chi connectivity index (χ2n) is 4.90. The highest BCUT2D eigenvalue weighted by atomic mass is 15.1. The van der Waals surface area contributed by atoms with Gasteiger partial charge in [0.1, 0.15) is 0 Å². The lowest BCUT2D eigenvalue weighted by atomic mass is 10.1. The maximum Gasteiger partial charge on any atom is 0.0361 e. The molecule has 0 aliphatic heterocycles. The molecule has 1 N–H and O–H groups in total. The predicted molar refractivity (Wildman–Crippen MR) is 76.6 cm³/mol. The van der Waals surface area contributed by atoms with Crippen molar-refractivity contribution in [3.63, 3.8) is 0 Å². The maximum atomic E-state index is 3.49. The summed E-state index contributed by atoms with van der Waals surface area (Å²) in [6.07, 6.45) is 2.21. The normalized spacial score (nSPS) is 12.1. The van der Waals surface area contributed by atoms with E-state index < -0.39 is 0 Å². The fourth-order valence-electron chi connectivity index (χ4n) is 1.62. The second-order valence-corrected chi connectivity index (χ2v) is 4.90. The van der Waals surface area contributed by atoms with Gasteiger partial charge in [0.25, 0.3) is 0 Å². The minimum absolute atomic E-state index is 0.391. The van der Waals surface area contributed by atoms with Gasteiger partial charge in [-0.1, -0.05) is 23.8 Å². The molecule has 2 nitrogen and oxygen atoms in total. The molecule has 1 aromatic rings. The molecule has 0 saturated carbocycles. The standard InChI is InChI=1S/C15H24N2/c1-12(2)10-11-16-13(3)14-6-8-15(9-7-14)17(4)5/h6-10,13,16H,11H2,1-5H3. The average molecular weight is 232 g/mol. The van der Waals surface area contributed by atoms with Crippen LogP contribution in [-0.2, 0) is 0 Å². The summed E-state index contributed by atoms with van der Waals surface area (Å²) in [6, 6.07) is 9.09. The lowest BCUT2D eigenvalue weighted by molar-refractivity contribution is 0.616. The van der Waals surface area contributed by atoms with Crippen LogP contribution >= 0.6 is 0 Å². The molecule has 1 atom stereocenters. The first-order chi connectivity index (χ1) is 8.00. The van der Waals surface area contributed by atoms with Crippen molar-refractivity contribution in [2.75, 3.05) is 25.5 Å². The largest absolute Gasteiger partial charge is 0.378 e. The lowest BCUT2D eigenvalue weighted by Gasteiger charge is -2.16. The van der Waals surface area contributed by atoms with Crippen LogP contribution in [0.25, 0.3) is 0 Å². The third-order valence-corrected chi connectivity index (χ3v) is 2.84. The van der Waals surface area contributed by atoms with Crippen molar-refractivity contribution in [1.82, 2.24) is 5.32 Å². The van der Waals surface area contributed by atoms with Crippen molar-refractivity contribution < 1.29 is 0 Å². The summed E-state index contributed by atoms with van der Waals surface area (Å²) >= 11 is 0. The Labute approximate surface area is 105 Å². The SMILES string of the molecule is CC(C)=CCNC(C)c1ccc(N(C)C)cc1. The molecule has 0 bridgehead atoms. The summed E-state index contributed by atoms with van der Waals surface area (Å²) in [7, 11) is 4.12. The van der Waals surface area contributed by atoms with Crippen LogP contribution in [0.15, 0.2) is 35.9 Å². The molecule has 1 unspecified atom stereocenters. The smallest absolute Gasteiger partial charge is 0.0361 e. The van der Waals surface area contributed by atoms with E-state index in [1.807, 2.05) is 0 Å². The van der Waals surface area contributed by atoms with E-state index in [-0.39, 0.29) is 0 Å². The van der Waals surface area contributed by atoms with E-state index in [1.54, 1.807) is 0 Å². The van der Waals surface area contributed by atoms with Crippen LogP contribution in [0.2, 0.25) is 0 Å². The maximum absolute atomic E-state index is 3.49. The molecular weight excluding hydrogens is 208 g/mol. The number of anilines is 1. The van der Waals surface area contributed by atoms with Crippen LogP contribution in [0.5, 0.6) is 0 Å². The summed E-state index contributed by atoms with van der Waals surface area (Å²) in [5.74, 6) is 0. The lowest BCUT2D eigenvalue weighted by Crippen LogP contribution is -2.18. The van der Waals surface area contributed by atoms with Gasteiger partial charge < -0.3 is 10.2 Å². The summed E-state index contributed by atoms with van der Waals surface area (Å²) < 4.78 is 0. The van der Waals surface area contributed by atoms with Gasteiger partial charge in [0, 0.05) is 32.4 Å². The van der Waals surface area contributed by atoms with Crippen LogP contribution in [0.3, 0.4) is 0 Å². The monoisotopic (exact) mass is 232 g/mol. The topological polar surface area (TPSA) is 15.3 Å². The van der Waals surface area contributed by atoms with Crippen LogP contribution in [0, 0.1) is 0 Å². The van der Waals surface area contributed by atoms with E-state index in [0.717, 1.165) is 6.54 Å².